The lowest BCUT2D eigenvalue weighted by Crippen LogP contribution is -2.14. The highest BCUT2D eigenvalue weighted by Gasteiger charge is 2.23. The third-order valence-electron chi connectivity index (χ3n) is 5.87. The Morgan fingerprint density at radius 3 is 2.26 bits per heavy atom. The lowest BCUT2D eigenvalue weighted by Gasteiger charge is -2.12. The zero-order chi connectivity index (χ0) is 23.8. The van der Waals surface area contributed by atoms with Gasteiger partial charge in [-0.2, -0.15) is 9.61 Å². The van der Waals surface area contributed by atoms with Gasteiger partial charge in [-0.25, -0.2) is 0 Å². The number of nitro benzene ring substituents is 1. The number of hydrogen-bond donors (Lipinski definition) is 1. The van der Waals surface area contributed by atoms with E-state index >= 15 is 0 Å². The van der Waals surface area contributed by atoms with Crippen LogP contribution in [-0.4, -0.2) is 19.5 Å². The van der Waals surface area contributed by atoms with Crippen molar-refractivity contribution >= 4 is 22.9 Å². The molecule has 1 unspecified atom stereocenters. The van der Waals surface area contributed by atoms with Gasteiger partial charge < -0.3 is 4.98 Å². The van der Waals surface area contributed by atoms with Gasteiger partial charge in [0.1, 0.15) is 5.65 Å². The van der Waals surface area contributed by atoms with Gasteiger partial charge >= 0.3 is 0 Å². The molecule has 3 aromatic carbocycles. The molecule has 34 heavy (non-hydrogen) atoms. The molecular weight excluding hydrogens is 452 g/mol. The summed E-state index contributed by atoms with van der Waals surface area (Å²) in [5.41, 5.74) is 4.92. The first kappa shape index (κ1) is 21.6. The van der Waals surface area contributed by atoms with Crippen LogP contribution in [-0.2, 0) is 0 Å². The number of H-pyrrole nitrogens is 1. The van der Waals surface area contributed by atoms with E-state index in [1.54, 1.807) is 24.3 Å². The van der Waals surface area contributed by atoms with Crippen molar-refractivity contribution in [2.45, 2.75) is 12.8 Å². The zero-order valence-corrected chi connectivity index (χ0v) is 18.9. The highest BCUT2D eigenvalue weighted by Crippen LogP contribution is 2.35. The SMILES string of the molecule is CC(c1ccccc1)c1nn2c(=O)cc(-c3ccc([N+](=O)[O-])cc3)[nH]c2c1-c1ccc(Cl)cc1. The Hall–Kier alpha value is -4.23. The number of nitro groups is 1. The highest BCUT2D eigenvalue weighted by molar-refractivity contribution is 6.30. The van der Waals surface area contributed by atoms with Crippen LogP contribution in [0.2, 0.25) is 5.02 Å². The first-order valence-corrected chi connectivity index (χ1v) is 11.0. The van der Waals surface area contributed by atoms with Crippen LogP contribution in [0.3, 0.4) is 0 Å². The summed E-state index contributed by atoms with van der Waals surface area (Å²) in [4.78, 5) is 27.0. The van der Waals surface area contributed by atoms with Crippen molar-refractivity contribution in [1.29, 1.82) is 0 Å². The van der Waals surface area contributed by atoms with Gasteiger partial charge in [-0.15, -0.1) is 0 Å². The molecule has 168 valence electrons. The maximum absolute atomic E-state index is 13.1. The Balaban J connectivity index is 1.75. The van der Waals surface area contributed by atoms with Gasteiger partial charge in [0.2, 0.25) is 0 Å². The fourth-order valence-electron chi connectivity index (χ4n) is 4.08. The van der Waals surface area contributed by atoms with Gasteiger partial charge in [0, 0.05) is 34.7 Å². The van der Waals surface area contributed by atoms with Crippen molar-refractivity contribution in [2.75, 3.05) is 0 Å². The third-order valence-corrected chi connectivity index (χ3v) is 6.13. The van der Waals surface area contributed by atoms with Crippen LogP contribution in [0.15, 0.2) is 89.7 Å². The zero-order valence-electron chi connectivity index (χ0n) is 18.1. The minimum atomic E-state index is -0.456. The fourth-order valence-corrected chi connectivity index (χ4v) is 4.21. The fraction of sp³-hybridized carbons (Fsp3) is 0.0769. The molecule has 0 spiro atoms. The van der Waals surface area contributed by atoms with Gasteiger partial charge in [-0.1, -0.05) is 61.0 Å². The van der Waals surface area contributed by atoms with E-state index in [9.17, 15) is 14.9 Å². The summed E-state index contributed by atoms with van der Waals surface area (Å²) in [5.74, 6) is -0.0811. The summed E-state index contributed by atoms with van der Waals surface area (Å²) >= 11 is 6.13. The monoisotopic (exact) mass is 470 g/mol. The number of aromatic amines is 1. The highest BCUT2D eigenvalue weighted by atomic mass is 35.5. The quantitative estimate of drug-likeness (QED) is 0.249. The smallest absolute Gasteiger partial charge is 0.274 e. The molecule has 2 heterocycles. The van der Waals surface area contributed by atoms with Crippen LogP contribution in [0.25, 0.3) is 28.0 Å². The minimum Gasteiger partial charge on any atom is -0.339 e. The molecular formula is C26H19ClN4O3. The maximum atomic E-state index is 13.1. The topological polar surface area (TPSA) is 93.3 Å². The first-order valence-electron chi connectivity index (χ1n) is 10.6. The molecule has 0 saturated heterocycles. The van der Waals surface area contributed by atoms with Crippen molar-refractivity contribution in [1.82, 2.24) is 14.6 Å². The van der Waals surface area contributed by atoms with Crippen molar-refractivity contribution < 1.29 is 4.92 Å². The van der Waals surface area contributed by atoms with Crippen LogP contribution in [0.4, 0.5) is 5.69 Å². The summed E-state index contributed by atoms with van der Waals surface area (Å²) in [6, 6.07) is 24.9. The Morgan fingerprint density at radius 2 is 1.62 bits per heavy atom. The average Bonchev–Trinajstić information content (AvgIpc) is 3.25. The molecule has 7 nitrogen and oxygen atoms in total. The second-order valence-electron chi connectivity index (χ2n) is 7.99. The Bertz CT molecular complexity index is 1560. The maximum Gasteiger partial charge on any atom is 0.274 e. The molecule has 2 aromatic heterocycles. The average molecular weight is 471 g/mol. The molecule has 1 N–H and O–H groups in total. The summed E-state index contributed by atoms with van der Waals surface area (Å²) < 4.78 is 1.37. The van der Waals surface area contributed by atoms with Crippen LogP contribution in [0.1, 0.15) is 24.1 Å². The molecule has 1 atom stereocenters. The Kier molecular flexibility index (Phi) is 5.47. The van der Waals surface area contributed by atoms with Crippen LogP contribution in [0.5, 0.6) is 0 Å². The van der Waals surface area contributed by atoms with E-state index < -0.39 is 4.92 Å². The van der Waals surface area contributed by atoms with Crippen molar-refractivity contribution in [3.8, 4) is 22.4 Å². The number of halogens is 1. The molecule has 5 rings (SSSR count). The number of non-ortho nitro benzene ring substituents is 1. The molecule has 0 amide bonds. The van der Waals surface area contributed by atoms with E-state index in [1.165, 1.54) is 22.7 Å². The molecule has 0 saturated carbocycles. The van der Waals surface area contributed by atoms with Crippen molar-refractivity contribution in [3.63, 3.8) is 0 Å². The van der Waals surface area contributed by atoms with E-state index in [0.29, 0.717) is 21.9 Å². The number of benzene rings is 3. The lowest BCUT2D eigenvalue weighted by atomic mass is 9.92. The van der Waals surface area contributed by atoms with E-state index in [4.69, 9.17) is 16.7 Å². The van der Waals surface area contributed by atoms with Gasteiger partial charge in [0.15, 0.2) is 0 Å². The van der Waals surface area contributed by atoms with Crippen molar-refractivity contribution in [3.05, 3.63) is 122 Å². The summed E-state index contributed by atoms with van der Waals surface area (Å²) in [6.07, 6.45) is 0. The predicted molar refractivity (Wildman–Crippen MR) is 132 cm³/mol. The van der Waals surface area contributed by atoms with Crippen LogP contribution < -0.4 is 5.56 Å². The Morgan fingerprint density at radius 1 is 0.971 bits per heavy atom. The van der Waals surface area contributed by atoms with Crippen LogP contribution >= 0.6 is 11.6 Å². The predicted octanol–water partition coefficient (Wildman–Crippen LogP) is 6.07. The second-order valence-corrected chi connectivity index (χ2v) is 8.42. The van der Waals surface area contributed by atoms with Gasteiger partial charge in [-0.05, 0) is 41.0 Å². The summed E-state index contributed by atoms with van der Waals surface area (Å²) in [7, 11) is 0. The third kappa shape index (κ3) is 3.86. The summed E-state index contributed by atoms with van der Waals surface area (Å²) in [6.45, 7) is 2.05. The molecule has 0 aliphatic heterocycles. The second kappa shape index (κ2) is 8.61. The standard InChI is InChI=1S/C26H19ClN4O3/c1-16(17-5-3-2-4-6-17)25-24(19-7-11-20(27)12-8-19)26-28-22(15-23(32)30(26)29-25)18-9-13-21(14-10-18)31(33)34/h2-16,28H,1H3. The number of aromatic nitrogens is 3. The minimum absolute atomic E-state index is 0.0163. The van der Waals surface area contributed by atoms with Crippen LogP contribution in [0, 0.1) is 10.1 Å². The molecule has 0 aliphatic carbocycles. The Labute approximate surface area is 199 Å². The molecule has 0 radical (unpaired) electrons. The molecule has 5 aromatic rings. The molecule has 8 heteroatoms. The molecule has 0 fully saturated rings. The normalized spacial score (nSPS) is 12.1. The molecule has 0 aliphatic rings. The van der Waals surface area contributed by atoms with E-state index in [1.807, 2.05) is 42.5 Å². The number of nitrogens with one attached hydrogen (secondary N) is 1. The van der Waals surface area contributed by atoms with Gasteiger partial charge in [-0.3, -0.25) is 14.9 Å². The number of nitrogens with zero attached hydrogens (tertiary/aromatic N) is 3. The van der Waals surface area contributed by atoms with Crippen molar-refractivity contribution in [2.24, 2.45) is 0 Å². The number of hydrogen-bond acceptors (Lipinski definition) is 4. The first-order chi connectivity index (χ1) is 16.4. The largest absolute Gasteiger partial charge is 0.339 e. The van der Waals surface area contributed by atoms with Gasteiger partial charge in [0.05, 0.1) is 16.3 Å². The van der Waals surface area contributed by atoms with E-state index in [2.05, 4.69) is 11.9 Å². The number of rotatable bonds is 5. The molecule has 0 bridgehead atoms. The van der Waals surface area contributed by atoms with E-state index in [0.717, 1.165) is 22.4 Å². The van der Waals surface area contributed by atoms with E-state index in [-0.39, 0.29) is 17.2 Å². The lowest BCUT2D eigenvalue weighted by molar-refractivity contribution is -0.384. The summed E-state index contributed by atoms with van der Waals surface area (Å²) in [5, 5.41) is 16.3. The van der Waals surface area contributed by atoms with Gasteiger partial charge in [0.25, 0.3) is 11.2 Å². The number of fused-ring (bicyclic) bond motifs is 1.